The molecule has 0 aliphatic heterocycles. The van der Waals surface area contributed by atoms with Gasteiger partial charge < -0.3 is 10.7 Å². The molecule has 0 unspecified atom stereocenters. The fourth-order valence-electron chi connectivity index (χ4n) is 1.78. The zero-order valence-electron chi connectivity index (χ0n) is 8.88. The number of aromatic amines is 1. The monoisotopic (exact) mass is 223 g/mol. The van der Waals surface area contributed by atoms with Gasteiger partial charge in [-0.2, -0.15) is 5.26 Å². The summed E-state index contributed by atoms with van der Waals surface area (Å²) in [5, 5.41) is 8.96. The van der Waals surface area contributed by atoms with E-state index in [1.54, 1.807) is 29.0 Å². The summed E-state index contributed by atoms with van der Waals surface area (Å²) >= 11 is 0. The van der Waals surface area contributed by atoms with Gasteiger partial charge in [-0.25, -0.2) is 4.98 Å². The van der Waals surface area contributed by atoms with Crippen LogP contribution in [0.15, 0.2) is 36.5 Å². The molecule has 5 heteroatoms. The molecule has 3 rings (SSSR count). The van der Waals surface area contributed by atoms with Crippen molar-refractivity contribution in [2.24, 2.45) is 0 Å². The summed E-state index contributed by atoms with van der Waals surface area (Å²) < 4.78 is 1.70. The molecule has 5 nitrogen and oxygen atoms in total. The topological polar surface area (TPSA) is 83.4 Å². The molecule has 0 fully saturated rings. The van der Waals surface area contributed by atoms with Gasteiger partial charge in [0, 0.05) is 11.9 Å². The molecule has 0 spiro atoms. The third-order valence-electron chi connectivity index (χ3n) is 2.58. The standard InChI is InChI=1S/C12H9N5/c13-7-9-2-1-5-17(9)12-15-10-4-3-8(14)6-11(10)16-12/h1-6H,14H2,(H,15,16). The number of aromatic nitrogens is 3. The highest BCUT2D eigenvalue weighted by molar-refractivity contribution is 5.79. The van der Waals surface area contributed by atoms with E-state index in [0.29, 0.717) is 17.3 Å². The number of benzene rings is 1. The van der Waals surface area contributed by atoms with Gasteiger partial charge in [-0.1, -0.05) is 0 Å². The zero-order chi connectivity index (χ0) is 11.8. The number of rotatable bonds is 1. The maximum Gasteiger partial charge on any atom is 0.213 e. The van der Waals surface area contributed by atoms with E-state index in [4.69, 9.17) is 11.0 Å². The number of hydrogen-bond donors (Lipinski definition) is 2. The van der Waals surface area contributed by atoms with Crippen molar-refractivity contribution in [1.82, 2.24) is 14.5 Å². The highest BCUT2D eigenvalue weighted by Crippen LogP contribution is 2.17. The second kappa shape index (κ2) is 3.39. The van der Waals surface area contributed by atoms with Crippen molar-refractivity contribution >= 4 is 16.7 Å². The Labute approximate surface area is 97.1 Å². The van der Waals surface area contributed by atoms with Crippen molar-refractivity contribution in [3.8, 4) is 12.0 Å². The van der Waals surface area contributed by atoms with Crippen molar-refractivity contribution in [2.75, 3.05) is 5.73 Å². The van der Waals surface area contributed by atoms with Gasteiger partial charge in [0.25, 0.3) is 0 Å². The maximum absolute atomic E-state index is 8.96. The summed E-state index contributed by atoms with van der Waals surface area (Å²) in [6.45, 7) is 0. The molecule has 0 saturated carbocycles. The zero-order valence-corrected chi connectivity index (χ0v) is 8.88. The Hall–Kier alpha value is -2.74. The fourth-order valence-corrected chi connectivity index (χ4v) is 1.78. The first-order valence-corrected chi connectivity index (χ1v) is 5.11. The Kier molecular flexibility index (Phi) is 1.89. The SMILES string of the molecule is N#Cc1cccn1-c1nc2ccc(N)cc2[nH]1. The number of nitrogen functional groups attached to an aromatic ring is 1. The van der Waals surface area contributed by atoms with Gasteiger partial charge >= 0.3 is 0 Å². The summed E-state index contributed by atoms with van der Waals surface area (Å²) in [5.74, 6) is 0.618. The molecule has 1 aromatic carbocycles. The molecule has 3 N–H and O–H groups in total. The molecule has 0 radical (unpaired) electrons. The van der Waals surface area contributed by atoms with Gasteiger partial charge in [-0.05, 0) is 30.3 Å². The molecular formula is C12H9N5. The van der Waals surface area contributed by atoms with E-state index in [0.717, 1.165) is 11.0 Å². The van der Waals surface area contributed by atoms with Crippen molar-refractivity contribution < 1.29 is 0 Å². The second-order valence-electron chi connectivity index (χ2n) is 3.71. The summed E-state index contributed by atoms with van der Waals surface area (Å²) in [6.07, 6.45) is 1.79. The van der Waals surface area contributed by atoms with Gasteiger partial charge in [0.15, 0.2) is 0 Å². The van der Waals surface area contributed by atoms with E-state index in [-0.39, 0.29) is 0 Å². The van der Waals surface area contributed by atoms with E-state index in [2.05, 4.69) is 16.0 Å². The number of fused-ring (bicyclic) bond motifs is 1. The number of anilines is 1. The van der Waals surface area contributed by atoms with Crippen molar-refractivity contribution in [1.29, 1.82) is 5.26 Å². The van der Waals surface area contributed by atoms with Crippen LogP contribution in [0, 0.1) is 11.3 Å². The average Bonchev–Trinajstić information content (AvgIpc) is 2.93. The lowest BCUT2D eigenvalue weighted by Gasteiger charge is -1.97. The maximum atomic E-state index is 8.96. The molecule has 0 aliphatic carbocycles. The molecule has 2 heterocycles. The highest BCUT2D eigenvalue weighted by Gasteiger charge is 2.07. The minimum Gasteiger partial charge on any atom is -0.399 e. The van der Waals surface area contributed by atoms with Crippen molar-refractivity contribution in [2.45, 2.75) is 0 Å². The second-order valence-corrected chi connectivity index (χ2v) is 3.71. The molecule has 82 valence electrons. The molecule has 2 aromatic heterocycles. The predicted octanol–water partition coefficient (Wildman–Crippen LogP) is 1.81. The molecule has 0 bridgehead atoms. The molecule has 0 aliphatic rings. The normalized spacial score (nSPS) is 10.5. The van der Waals surface area contributed by atoms with E-state index in [9.17, 15) is 0 Å². The van der Waals surface area contributed by atoms with Crippen LogP contribution in [-0.2, 0) is 0 Å². The number of nitriles is 1. The van der Waals surface area contributed by atoms with Gasteiger partial charge in [-0.15, -0.1) is 0 Å². The largest absolute Gasteiger partial charge is 0.399 e. The van der Waals surface area contributed by atoms with Gasteiger partial charge in [0.05, 0.1) is 11.0 Å². The van der Waals surface area contributed by atoms with Gasteiger partial charge in [0.1, 0.15) is 11.8 Å². The van der Waals surface area contributed by atoms with Crippen molar-refractivity contribution in [3.63, 3.8) is 0 Å². The molecular weight excluding hydrogens is 214 g/mol. The number of nitrogens with one attached hydrogen (secondary N) is 1. The van der Waals surface area contributed by atoms with Crippen LogP contribution in [0.25, 0.3) is 17.0 Å². The number of nitrogens with two attached hydrogens (primary N) is 1. The molecule has 0 atom stereocenters. The van der Waals surface area contributed by atoms with Gasteiger partial charge in [0.2, 0.25) is 5.95 Å². The van der Waals surface area contributed by atoms with Crippen LogP contribution in [0.5, 0.6) is 0 Å². The fraction of sp³-hybridized carbons (Fsp3) is 0. The Morgan fingerprint density at radius 1 is 1.35 bits per heavy atom. The molecule has 3 aromatic rings. The van der Waals surface area contributed by atoms with Crippen LogP contribution >= 0.6 is 0 Å². The Morgan fingerprint density at radius 2 is 2.24 bits per heavy atom. The summed E-state index contributed by atoms with van der Waals surface area (Å²) in [7, 11) is 0. The van der Waals surface area contributed by atoms with E-state index < -0.39 is 0 Å². The Bertz CT molecular complexity index is 729. The number of imidazole rings is 1. The quantitative estimate of drug-likeness (QED) is 0.617. The predicted molar refractivity (Wildman–Crippen MR) is 64.5 cm³/mol. The lowest BCUT2D eigenvalue weighted by molar-refractivity contribution is 0.963. The van der Waals surface area contributed by atoms with E-state index >= 15 is 0 Å². The van der Waals surface area contributed by atoms with Crippen LogP contribution < -0.4 is 5.73 Å². The number of nitrogens with zero attached hydrogens (tertiary/aromatic N) is 3. The first-order chi connectivity index (χ1) is 8.28. The third-order valence-corrected chi connectivity index (χ3v) is 2.58. The lowest BCUT2D eigenvalue weighted by atomic mass is 10.3. The molecule has 0 amide bonds. The summed E-state index contributed by atoms with van der Waals surface area (Å²) in [5.41, 5.74) is 8.61. The average molecular weight is 223 g/mol. The lowest BCUT2D eigenvalue weighted by Crippen LogP contribution is -1.96. The highest BCUT2D eigenvalue weighted by atomic mass is 15.2. The summed E-state index contributed by atoms with van der Waals surface area (Å²) in [4.78, 5) is 7.54. The smallest absolute Gasteiger partial charge is 0.213 e. The Morgan fingerprint density at radius 3 is 3.06 bits per heavy atom. The minimum atomic E-state index is 0.539. The number of H-pyrrole nitrogens is 1. The molecule has 0 saturated heterocycles. The minimum absolute atomic E-state index is 0.539. The third kappa shape index (κ3) is 1.43. The first kappa shape index (κ1) is 9.48. The summed E-state index contributed by atoms with van der Waals surface area (Å²) in [6, 6.07) is 11.1. The number of hydrogen-bond acceptors (Lipinski definition) is 3. The van der Waals surface area contributed by atoms with Crippen LogP contribution in [0.3, 0.4) is 0 Å². The van der Waals surface area contributed by atoms with Crippen LogP contribution in [-0.4, -0.2) is 14.5 Å². The van der Waals surface area contributed by atoms with Crippen molar-refractivity contribution in [3.05, 3.63) is 42.2 Å². The van der Waals surface area contributed by atoms with Gasteiger partial charge in [-0.3, -0.25) is 4.57 Å². The van der Waals surface area contributed by atoms with Crippen LogP contribution in [0.4, 0.5) is 5.69 Å². The first-order valence-electron chi connectivity index (χ1n) is 5.11. The van der Waals surface area contributed by atoms with E-state index in [1.807, 2.05) is 12.1 Å². The van der Waals surface area contributed by atoms with Crippen LogP contribution in [0.1, 0.15) is 5.69 Å². The Balaban J connectivity index is 2.22. The van der Waals surface area contributed by atoms with E-state index in [1.165, 1.54) is 0 Å². The van der Waals surface area contributed by atoms with Crippen LogP contribution in [0.2, 0.25) is 0 Å². The molecule has 17 heavy (non-hydrogen) atoms.